The molecule has 0 aliphatic rings. The summed E-state index contributed by atoms with van der Waals surface area (Å²) in [6, 6.07) is 1.93. The molecule has 0 amide bonds. The monoisotopic (exact) mass is 360 g/mol. The average Bonchev–Trinajstić information content (AvgIpc) is 2.53. The Hall–Kier alpha value is 0.340. The Labute approximate surface area is 119 Å². The number of nitrogens with zero attached hydrogens (tertiary/aromatic N) is 1. The molecule has 0 aliphatic carbocycles. The van der Waals surface area contributed by atoms with Crippen LogP contribution in [0.5, 0.6) is 0 Å². The molecule has 1 heterocycles. The largest absolute Gasteiger partial charge is 0.311 e. The fraction of sp³-hybridized carbons (Fsp3) is 0.556. The Kier molecular flexibility index (Phi) is 5.88. The molecule has 1 aromatic rings. The lowest BCUT2D eigenvalue weighted by Gasteiger charge is -2.11. The van der Waals surface area contributed by atoms with Crippen molar-refractivity contribution in [2.24, 2.45) is 0 Å². The lowest BCUT2D eigenvalue weighted by Crippen LogP contribution is -2.30. The Morgan fingerprint density at radius 3 is 2.65 bits per heavy atom. The number of nitrogens with one attached hydrogen (secondary N) is 1. The summed E-state index contributed by atoms with van der Waals surface area (Å²) in [7, 11) is -0.0502. The summed E-state index contributed by atoms with van der Waals surface area (Å²) in [5, 5.41) is 3.08. The van der Waals surface area contributed by atoms with Gasteiger partial charge in [0.25, 0.3) is 0 Å². The molecule has 0 saturated heterocycles. The van der Waals surface area contributed by atoms with Crippen LogP contribution in [0.3, 0.4) is 0 Å². The van der Waals surface area contributed by atoms with Gasteiger partial charge in [0.1, 0.15) is 4.34 Å². The minimum Gasteiger partial charge on any atom is -0.311 e. The van der Waals surface area contributed by atoms with Gasteiger partial charge >= 0.3 is 0 Å². The van der Waals surface area contributed by atoms with E-state index in [1.165, 1.54) is 29.7 Å². The lowest BCUT2D eigenvalue weighted by atomic mass is 10.4. The van der Waals surface area contributed by atoms with Crippen LogP contribution < -0.4 is 5.32 Å². The van der Waals surface area contributed by atoms with E-state index in [-0.39, 0.29) is 5.75 Å². The Balaban J connectivity index is 2.34. The van der Waals surface area contributed by atoms with E-state index in [4.69, 9.17) is 11.6 Å². The number of halogens is 2. The molecule has 4 nitrogen and oxygen atoms in total. The van der Waals surface area contributed by atoms with Crippen molar-refractivity contribution in [2.75, 3.05) is 26.4 Å². The summed E-state index contributed by atoms with van der Waals surface area (Å²) in [6.45, 7) is 1.05. The maximum absolute atomic E-state index is 11.5. The van der Waals surface area contributed by atoms with Crippen molar-refractivity contribution in [2.45, 2.75) is 6.54 Å². The lowest BCUT2D eigenvalue weighted by molar-refractivity contribution is 0.517. The second-order valence-corrected chi connectivity index (χ2v) is 8.51. The molecule has 0 spiro atoms. The SMILES string of the molecule is CN(C)S(=O)(=O)CCNCc1cc(Br)c(Cl)s1. The van der Waals surface area contributed by atoms with Crippen LogP contribution in [0.2, 0.25) is 4.34 Å². The Bertz CT molecular complexity index is 454. The predicted molar refractivity (Wildman–Crippen MR) is 76.2 cm³/mol. The molecule has 1 N–H and O–H groups in total. The van der Waals surface area contributed by atoms with E-state index < -0.39 is 10.0 Å². The Morgan fingerprint density at radius 2 is 2.18 bits per heavy atom. The normalized spacial score (nSPS) is 12.3. The van der Waals surface area contributed by atoms with Crippen LogP contribution >= 0.6 is 38.9 Å². The summed E-state index contributed by atoms with van der Waals surface area (Å²) in [6.07, 6.45) is 0. The third-order valence-corrected chi connectivity index (χ3v) is 6.40. The third kappa shape index (κ3) is 4.84. The van der Waals surface area contributed by atoms with Crippen LogP contribution in [-0.2, 0) is 16.6 Å². The van der Waals surface area contributed by atoms with E-state index in [0.717, 1.165) is 9.35 Å². The molecule has 0 fully saturated rings. The van der Waals surface area contributed by atoms with Gasteiger partial charge in [-0.1, -0.05) is 11.6 Å². The first-order valence-electron chi connectivity index (χ1n) is 4.87. The molecular formula is C9H14BrClN2O2S2. The predicted octanol–water partition coefficient (Wildman–Crippen LogP) is 2.15. The summed E-state index contributed by atoms with van der Waals surface area (Å²) in [5.74, 6) is 0.0975. The van der Waals surface area contributed by atoms with Crippen molar-refractivity contribution in [3.8, 4) is 0 Å². The molecule has 0 bridgehead atoms. The van der Waals surface area contributed by atoms with Crippen molar-refractivity contribution in [1.29, 1.82) is 0 Å². The van der Waals surface area contributed by atoms with Gasteiger partial charge in [-0.3, -0.25) is 0 Å². The number of thiophene rings is 1. The van der Waals surface area contributed by atoms with E-state index in [1.807, 2.05) is 6.07 Å². The van der Waals surface area contributed by atoms with Crippen LogP contribution in [-0.4, -0.2) is 39.1 Å². The van der Waals surface area contributed by atoms with Gasteiger partial charge in [0.05, 0.1) is 5.75 Å². The van der Waals surface area contributed by atoms with E-state index in [9.17, 15) is 8.42 Å². The highest BCUT2D eigenvalue weighted by Gasteiger charge is 2.12. The van der Waals surface area contributed by atoms with Gasteiger partial charge in [0.15, 0.2) is 0 Å². The van der Waals surface area contributed by atoms with Gasteiger partial charge in [-0.15, -0.1) is 11.3 Å². The zero-order valence-corrected chi connectivity index (χ0v) is 13.5. The van der Waals surface area contributed by atoms with Gasteiger partial charge in [0.2, 0.25) is 10.0 Å². The summed E-state index contributed by atoms with van der Waals surface area (Å²) < 4.78 is 25.7. The van der Waals surface area contributed by atoms with Crippen LogP contribution in [0.15, 0.2) is 10.5 Å². The first kappa shape index (κ1) is 15.4. The highest BCUT2D eigenvalue weighted by molar-refractivity contribution is 9.10. The maximum atomic E-state index is 11.5. The molecule has 98 valence electrons. The van der Waals surface area contributed by atoms with E-state index in [1.54, 1.807) is 0 Å². The van der Waals surface area contributed by atoms with Crippen LogP contribution in [0, 0.1) is 0 Å². The van der Waals surface area contributed by atoms with Crippen molar-refractivity contribution in [3.05, 3.63) is 19.8 Å². The molecule has 0 aliphatic heterocycles. The molecule has 8 heteroatoms. The second-order valence-electron chi connectivity index (χ2n) is 3.61. The highest BCUT2D eigenvalue weighted by atomic mass is 79.9. The van der Waals surface area contributed by atoms with Crippen molar-refractivity contribution >= 4 is 48.9 Å². The van der Waals surface area contributed by atoms with Crippen molar-refractivity contribution in [1.82, 2.24) is 9.62 Å². The van der Waals surface area contributed by atoms with Crippen LogP contribution in [0.25, 0.3) is 0 Å². The van der Waals surface area contributed by atoms with E-state index >= 15 is 0 Å². The second kappa shape index (κ2) is 6.49. The van der Waals surface area contributed by atoms with E-state index in [2.05, 4.69) is 21.2 Å². The zero-order chi connectivity index (χ0) is 13.1. The first-order valence-corrected chi connectivity index (χ1v) is 8.47. The number of hydrogen-bond donors (Lipinski definition) is 1. The molecule has 0 atom stereocenters. The van der Waals surface area contributed by atoms with Crippen LogP contribution in [0.4, 0.5) is 0 Å². The van der Waals surface area contributed by atoms with Crippen LogP contribution in [0.1, 0.15) is 4.88 Å². The maximum Gasteiger partial charge on any atom is 0.214 e. The standard InChI is InChI=1S/C9H14BrClN2O2S2/c1-13(2)17(14,15)4-3-12-6-7-5-8(10)9(11)16-7/h5,12H,3-4,6H2,1-2H3. The van der Waals surface area contributed by atoms with Crippen molar-refractivity contribution < 1.29 is 8.42 Å². The quantitative estimate of drug-likeness (QED) is 0.790. The topological polar surface area (TPSA) is 49.4 Å². The molecule has 1 rings (SSSR count). The van der Waals surface area contributed by atoms with E-state index in [0.29, 0.717) is 17.4 Å². The molecule has 0 radical (unpaired) electrons. The molecule has 0 unspecified atom stereocenters. The highest BCUT2D eigenvalue weighted by Crippen LogP contribution is 2.31. The molecule has 1 aromatic heterocycles. The first-order chi connectivity index (χ1) is 7.83. The van der Waals surface area contributed by atoms with Crippen molar-refractivity contribution in [3.63, 3.8) is 0 Å². The summed E-state index contributed by atoms with van der Waals surface area (Å²) in [4.78, 5) is 1.07. The fourth-order valence-electron chi connectivity index (χ4n) is 1.07. The minimum atomic E-state index is -3.12. The molecule has 0 saturated carbocycles. The van der Waals surface area contributed by atoms with Gasteiger partial charge in [-0.05, 0) is 22.0 Å². The number of hydrogen-bond acceptors (Lipinski definition) is 4. The Morgan fingerprint density at radius 1 is 1.53 bits per heavy atom. The number of rotatable bonds is 6. The van der Waals surface area contributed by atoms with Gasteiger partial charge in [0, 0.05) is 36.5 Å². The minimum absolute atomic E-state index is 0.0975. The third-order valence-electron chi connectivity index (χ3n) is 2.09. The van der Waals surface area contributed by atoms with Gasteiger partial charge in [-0.2, -0.15) is 0 Å². The van der Waals surface area contributed by atoms with Gasteiger partial charge < -0.3 is 5.32 Å². The average molecular weight is 362 g/mol. The smallest absolute Gasteiger partial charge is 0.214 e. The fourth-order valence-corrected chi connectivity index (χ4v) is 3.60. The molecule has 0 aromatic carbocycles. The molecular weight excluding hydrogens is 348 g/mol. The summed E-state index contributed by atoms with van der Waals surface area (Å²) in [5.41, 5.74) is 0. The molecule has 17 heavy (non-hydrogen) atoms. The van der Waals surface area contributed by atoms with Gasteiger partial charge in [-0.25, -0.2) is 12.7 Å². The number of sulfonamides is 1. The summed E-state index contributed by atoms with van der Waals surface area (Å²) >= 11 is 10.7. The zero-order valence-electron chi connectivity index (χ0n) is 9.53.